The third kappa shape index (κ3) is 1.43. The van der Waals surface area contributed by atoms with Crippen LogP contribution in [0.15, 0.2) is 10.9 Å². The topological polar surface area (TPSA) is 57.9 Å². The minimum Gasteiger partial charge on any atom is -0.372 e. The number of aromatic nitrogens is 2. The Morgan fingerprint density at radius 2 is 2.33 bits per heavy atom. The Morgan fingerprint density at radius 3 is 2.92 bits per heavy atom. The summed E-state index contributed by atoms with van der Waals surface area (Å²) in [5, 5.41) is 5.32. The zero-order chi connectivity index (χ0) is 8.39. The van der Waals surface area contributed by atoms with E-state index < -0.39 is 0 Å². The summed E-state index contributed by atoms with van der Waals surface area (Å²) in [5.74, 6) is 0. The Labute approximate surface area is 69.9 Å². The second-order valence-corrected chi connectivity index (χ2v) is 3.07. The highest BCUT2D eigenvalue weighted by molar-refractivity contribution is 5.02. The number of aromatic amines is 2. The van der Waals surface area contributed by atoms with Gasteiger partial charge < -0.3 is 4.74 Å². The maximum atomic E-state index is 10.8. The van der Waals surface area contributed by atoms with Crippen LogP contribution >= 0.6 is 0 Å². The molecule has 0 amide bonds. The predicted octanol–water partition coefficient (Wildman–Crippen LogP) is 0.945. The number of hydrogen-bond donors (Lipinski definition) is 2. The molecule has 1 aliphatic rings. The highest BCUT2D eigenvalue weighted by Crippen LogP contribution is 2.24. The van der Waals surface area contributed by atoms with E-state index in [0.717, 1.165) is 25.1 Å². The van der Waals surface area contributed by atoms with E-state index in [-0.39, 0.29) is 11.7 Å². The lowest BCUT2D eigenvalue weighted by atomic mass is 10.1. The van der Waals surface area contributed by atoms with Gasteiger partial charge >= 0.3 is 0 Å². The summed E-state index contributed by atoms with van der Waals surface area (Å²) in [6.07, 6.45) is 3.41. The normalized spacial score (nSPS) is 24.2. The first kappa shape index (κ1) is 7.61. The van der Waals surface area contributed by atoms with Crippen molar-refractivity contribution in [3.8, 4) is 0 Å². The minimum atomic E-state index is -0.0841. The predicted molar refractivity (Wildman–Crippen MR) is 44.0 cm³/mol. The molecule has 1 aromatic heterocycles. The van der Waals surface area contributed by atoms with Crippen molar-refractivity contribution >= 4 is 0 Å². The molecule has 0 aliphatic carbocycles. The number of ether oxygens (including phenoxy) is 1. The lowest BCUT2D eigenvalue weighted by Crippen LogP contribution is -2.11. The van der Waals surface area contributed by atoms with Gasteiger partial charge in [0.25, 0.3) is 5.56 Å². The zero-order valence-electron chi connectivity index (χ0n) is 6.80. The zero-order valence-corrected chi connectivity index (χ0v) is 6.80. The van der Waals surface area contributed by atoms with Crippen LogP contribution in [0.25, 0.3) is 0 Å². The van der Waals surface area contributed by atoms with Gasteiger partial charge in [-0.1, -0.05) is 0 Å². The molecule has 0 bridgehead atoms. The van der Waals surface area contributed by atoms with E-state index in [1.807, 2.05) is 0 Å². The van der Waals surface area contributed by atoms with Crippen molar-refractivity contribution in [2.45, 2.75) is 25.4 Å². The Hall–Kier alpha value is -1.03. The molecular formula is C8H12N2O2. The number of hydrogen-bond acceptors (Lipinski definition) is 2. The average Bonchev–Trinajstić information content (AvgIpc) is 2.54. The van der Waals surface area contributed by atoms with Crippen LogP contribution in [0.1, 0.15) is 31.1 Å². The molecule has 2 rings (SSSR count). The molecule has 66 valence electrons. The fourth-order valence-electron chi connectivity index (χ4n) is 1.51. The number of nitrogens with one attached hydrogen (secondary N) is 2. The maximum absolute atomic E-state index is 10.8. The van der Waals surface area contributed by atoms with E-state index in [2.05, 4.69) is 10.2 Å². The molecule has 1 fully saturated rings. The summed E-state index contributed by atoms with van der Waals surface area (Å²) in [7, 11) is 0. The Kier molecular flexibility index (Phi) is 1.99. The van der Waals surface area contributed by atoms with Crippen LogP contribution in [0.5, 0.6) is 0 Å². The van der Waals surface area contributed by atoms with Gasteiger partial charge in [0.1, 0.15) is 0 Å². The fraction of sp³-hybridized carbons (Fsp3) is 0.625. The highest BCUT2D eigenvalue weighted by atomic mass is 16.5. The van der Waals surface area contributed by atoms with Gasteiger partial charge in [0.15, 0.2) is 0 Å². The van der Waals surface area contributed by atoms with E-state index in [1.54, 1.807) is 6.07 Å². The molecule has 4 heteroatoms. The molecule has 1 saturated heterocycles. The van der Waals surface area contributed by atoms with E-state index in [1.165, 1.54) is 6.42 Å². The van der Waals surface area contributed by atoms with Gasteiger partial charge in [-0.25, -0.2) is 0 Å². The van der Waals surface area contributed by atoms with Crippen LogP contribution in [-0.4, -0.2) is 16.8 Å². The molecule has 0 spiro atoms. The van der Waals surface area contributed by atoms with Crippen LogP contribution in [0.4, 0.5) is 0 Å². The first-order valence-corrected chi connectivity index (χ1v) is 4.25. The number of rotatable bonds is 1. The van der Waals surface area contributed by atoms with Crippen LogP contribution in [0.2, 0.25) is 0 Å². The van der Waals surface area contributed by atoms with Crippen molar-refractivity contribution in [3.63, 3.8) is 0 Å². The molecule has 2 heterocycles. The van der Waals surface area contributed by atoms with Crippen LogP contribution in [0.3, 0.4) is 0 Å². The number of H-pyrrole nitrogens is 2. The average molecular weight is 168 g/mol. The van der Waals surface area contributed by atoms with Crippen LogP contribution < -0.4 is 5.56 Å². The molecule has 1 atom stereocenters. The van der Waals surface area contributed by atoms with E-state index >= 15 is 0 Å². The summed E-state index contributed by atoms with van der Waals surface area (Å²) < 4.78 is 5.49. The summed E-state index contributed by atoms with van der Waals surface area (Å²) in [6.45, 7) is 0.803. The summed E-state index contributed by atoms with van der Waals surface area (Å²) in [6, 6.07) is 1.57. The first-order chi connectivity index (χ1) is 5.86. The van der Waals surface area contributed by atoms with Crippen molar-refractivity contribution in [2.75, 3.05) is 6.61 Å². The Morgan fingerprint density at radius 1 is 1.42 bits per heavy atom. The standard InChI is InChI=1S/C8H12N2O2/c11-8-5-6(9-10-8)7-3-1-2-4-12-7/h5,7H,1-4H2,(H2,9,10,11). The fourth-order valence-corrected chi connectivity index (χ4v) is 1.51. The molecule has 1 aromatic rings. The molecule has 1 unspecified atom stereocenters. The monoisotopic (exact) mass is 168 g/mol. The van der Waals surface area contributed by atoms with E-state index in [4.69, 9.17) is 4.74 Å². The van der Waals surface area contributed by atoms with Gasteiger partial charge in [-0.05, 0) is 19.3 Å². The highest BCUT2D eigenvalue weighted by Gasteiger charge is 2.17. The third-order valence-corrected chi connectivity index (χ3v) is 2.14. The van der Waals surface area contributed by atoms with E-state index in [0.29, 0.717) is 0 Å². The summed E-state index contributed by atoms with van der Waals surface area (Å²) >= 11 is 0. The minimum absolute atomic E-state index is 0.0841. The molecule has 0 saturated carbocycles. The second-order valence-electron chi connectivity index (χ2n) is 3.07. The molecule has 2 N–H and O–H groups in total. The van der Waals surface area contributed by atoms with Gasteiger partial charge in [0.05, 0.1) is 11.8 Å². The molecule has 0 aromatic carbocycles. The first-order valence-electron chi connectivity index (χ1n) is 4.25. The lowest BCUT2D eigenvalue weighted by molar-refractivity contribution is 0.0123. The Bertz CT molecular complexity index is 296. The Balaban J connectivity index is 2.13. The summed E-state index contributed by atoms with van der Waals surface area (Å²) in [4.78, 5) is 10.8. The van der Waals surface area contributed by atoms with Crippen LogP contribution in [0, 0.1) is 0 Å². The van der Waals surface area contributed by atoms with Crippen molar-refractivity contribution in [1.82, 2.24) is 10.2 Å². The van der Waals surface area contributed by atoms with Crippen molar-refractivity contribution in [1.29, 1.82) is 0 Å². The molecule has 0 radical (unpaired) electrons. The maximum Gasteiger partial charge on any atom is 0.264 e. The molecular weight excluding hydrogens is 156 g/mol. The van der Waals surface area contributed by atoms with Gasteiger partial charge in [-0.3, -0.25) is 15.0 Å². The van der Waals surface area contributed by atoms with Crippen LogP contribution in [-0.2, 0) is 4.74 Å². The quantitative estimate of drug-likeness (QED) is 0.655. The van der Waals surface area contributed by atoms with E-state index in [9.17, 15) is 4.79 Å². The third-order valence-electron chi connectivity index (χ3n) is 2.14. The molecule has 12 heavy (non-hydrogen) atoms. The van der Waals surface area contributed by atoms with Gasteiger partial charge in [-0.2, -0.15) is 0 Å². The van der Waals surface area contributed by atoms with Gasteiger partial charge in [0, 0.05) is 12.7 Å². The van der Waals surface area contributed by atoms with Gasteiger partial charge in [0.2, 0.25) is 0 Å². The smallest absolute Gasteiger partial charge is 0.264 e. The lowest BCUT2D eigenvalue weighted by Gasteiger charge is -2.20. The SMILES string of the molecule is O=c1cc(C2CCCCO2)[nH][nH]1. The van der Waals surface area contributed by atoms with Crippen molar-refractivity contribution < 1.29 is 4.74 Å². The van der Waals surface area contributed by atoms with Gasteiger partial charge in [-0.15, -0.1) is 0 Å². The molecule has 4 nitrogen and oxygen atoms in total. The second kappa shape index (κ2) is 3.15. The van der Waals surface area contributed by atoms with Crippen molar-refractivity contribution in [3.05, 3.63) is 22.1 Å². The largest absolute Gasteiger partial charge is 0.372 e. The van der Waals surface area contributed by atoms with Crippen molar-refractivity contribution in [2.24, 2.45) is 0 Å². The summed E-state index contributed by atoms with van der Waals surface area (Å²) in [5.41, 5.74) is 0.791. The molecule has 1 aliphatic heterocycles.